The zero-order chi connectivity index (χ0) is 19.0. The Hall–Kier alpha value is -2.93. The quantitative estimate of drug-likeness (QED) is 0.759. The number of pyridine rings is 1. The maximum atomic E-state index is 12.5. The number of aryl methyl sites for hydroxylation is 1. The Labute approximate surface area is 153 Å². The van der Waals surface area contributed by atoms with E-state index in [9.17, 15) is 14.4 Å². The van der Waals surface area contributed by atoms with Crippen molar-refractivity contribution in [3.8, 4) is 0 Å². The summed E-state index contributed by atoms with van der Waals surface area (Å²) in [5, 5.41) is 3.68. The van der Waals surface area contributed by atoms with Crippen LogP contribution in [0.5, 0.6) is 0 Å². The highest BCUT2D eigenvalue weighted by atomic mass is 35.5. The lowest BCUT2D eigenvalue weighted by molar-refractivity contribution is 0.0939. The van der Waals surface area contributed by atoms with Crippen LogP contribution in [-0.4, -0.2) is 20.0 Å². The molecule has 0 saturated carbocycles. The fraction of sp³-hybridized carbons (Fsp3) is 0.222. The van der Waals surface area contributed by atoms with Gasteiger partial charge in [-0.05, 0) is 30.7 Å². The molecule has 0 fully saturated rings. The molecular weight excluding hydrogens is 356 g/mol. The minimum Gasteiger partial charge on any atom is -0.345 e. The van der Waals surface area contributed by atoms with Gasteiger partial charge >= 0.3 is 5.69 Å². The van der Waals surface area contributed by atoms with Crippen molar-refractivity contribution in [2.45, 2.75) is 13.0 Å². The fourth-order valence-corrected chi connectivity index (χ4v) is 2.83. The smallest absolute Gasteiger partial charge is 0.332 e. The van der Waals surface area contributed by atoms with Crippen LogP contribution >= 0.6 is 11.6 Å². The molecule has 7 nitrogen and oxygen atoms in total. The first-order valence-electron chi connectivity index (χ1n) is 7.91. The van der Waals surface area contributed by atoms with Gasteiger partial charge in [0.05, 0.1) is 17.0 Å². The first kappa shape index (κ1) is 17.9. The van der Waals surface area contributed by atoms with Gasteiger partial charge in [0.15, 0.2) is 0 Å². The third kappa shape index (κ3) is 3.13. The van der Waals surface area contributed by atoms with E-state index in [1.807, 2.05) is 19.1 Å². The van der Waals surface area contributed by atoms with Crippen LogP contribution in [0, 0.1) is 0 Å². The van der Waals surface area contributed by atoms with Gasteiger partial charge < -0.3 is 5.32 Å². The van der Waals surface area contributed by atoms with E-state index in [2.05, 4.69) is 10.3 Å². The molecule has 2 heterocycles. The number of carbonyl (C=O) groups excluding carboxylic acids is 1. The highest BCUT2D eigenvalue weighted by Gasteiger charge is 2.15. The molecule has 0 saturated heterocycles. The summed E-state index contributed by atoms with van der Waals surface area (Å²) in [5.74, 6) is -0.363. The Kier molecular flexibility index (Phi) is 4.65. The number of rotatable bonds is 3. The van der Waals surface area contributed by atoms with Crippen LogP contribution in [0.2, 0.25) is 5.02 Å². The summed E-state index contributed by atoms with van der Waals surface area (Å²) in [4.78, 5) is 40.9. The van der Waals surface area contributed by atoms with E-state index in [1.165, 1.54) is 30.9 Å². The van der Waals surface area contributed by atoms with Gasteiger partial charge in [-0.3, -0.25) is 18.7 Å². The Bertz CT molecular complexity index is 1120. The molecule has 134 valence electrons. The molecule has 3 rings (SSSR count). The molecular formula is C18H17ClN4O3. The van der Waals surface area contributed by atoms with Crippen molar-refractivity contribution in [2.24, 2.45) is 14.1 Å². The van der Waals surface area contributed by atoms with E-state index >= 15 is 0 Å². The second-order valence-electron chi connectivity index (χ2n) is 6.05. The molecule has 0 aliphatic heterocycles. The van der Waals surface area contributed by atoms with Crippen molar-refractivity contribution in [1.29, 1.82) is 0 Å². The number of hydrogen-bond donors (Lipinski definition) is 1. The lowest BCUT2D eigenvalue weighted by atomic mass is 10.1. The lowest BCUT2D eigenvalue weighted by Crippen LogP contribution is -2.37. The first-order valence-corrected chi connectivity index (χ1v) is 8.29. The molecule has 2 aromatic heterocycles. The topological polar surface area (TPSA) is 86.0 Å². The summed E-state index contributed by atoms with van der Waals surface area (Å²) in [6, 6.07) is 8.37. The van der Waals surface area contributed by atoms with Gasteiger partial charge in [0.2, 0.25) is 0 Å². The van der Waals surface area contributed by atoms with Crippen molar-refractivity contribution in [3.05, 3.63) is 73.5 Å². The van der Waals surface area contributed by atoms with E-state index in [0.29, 0.717) is 5.02 Å². The van der Waals surface area contributed by atoms with Crippen LogP contribution < -0.4 is 16.6 Å². The third-order valence-corrected chi connectivity index (χ3v) is 4.53. The Morgan fingerprint density at radius 1 is 1.15 bits per heavy atom. The van der Waals surface area contributed by atoms with Crippen LogP contribution in [0.3, 0.4) is 0 Å². The molecule has 0 spiro atoms. The number of amides is 1. The zero-order valence-corrected chi connectivity index (χ0v) is 15.2. The molecule has 1 aromatic carbocycles. The van der Waals surface area contributed by atoms with Crippen LogP contribution in [0.4, 0.5) is 0 Å². The largest absolute Gasteiger partial charge is 0.345 e. The number of hydrogen-bond acceptors (Lipinski definition) is 4. The predicted octanol–water partition coefficient (Wildman–Crippen LogP) is 1.78. The van der Waals surface area contributed by atoms with Gasteiger partial charge in [0.1, 0.15) is 5.65 Å². The van der Waals surface area contributed by atoms with E-state index in [1.54, 1.807) is 12.1 Å². The maximum Gasteiger partial charge on any atom is 0.332 e. The summed E-state index contributed by atoms with van der Waals surface area (Å²) < 4.78 is 2.26. The zero-order valence-electron chi connectivity index (χ0n) is 14.5. The fourth-order valence-electron chi connectivity index (χ4n) is 2.70. The Morgan fingerprint density at radius 3 is 2.46 bits per heavy atom. The Morgan fingerprint density at radius 2 is 1.81 bits per heavy atom. The highest BCUT2D eigenvalue weighted by molar-refractivity contribution is 6.30. The molecule has 1 atom stereocenters. The van der Waals surface area contributed by atoms with Gasteiger partial charge in [0.25, 0.3) is 11.5 Å². The van der Waals surface area contributed by atoms with Crippen molar-refractivity contribution in [2.75, 3.05) is 0 Å². The summed E-state index contributed by atoms with van der Waals surface area (Å²) in [6.45, 7) is 1.85. The first-order chi connectivity index (χ1) is 12.3. The molecule has 0 aliphatic rings. The molecule has 0 radical (unpaired) electrons. The van der Waals surface area contributed by atoms with Crippen LogP contribution in [0.15, 0.2) is 46.1 Å². The molecule has 3 aromatic rings. The number of carbonyl (C=O) groups is 1. The second-order valence-corrected chi connectivity index (χ2v) is 6.48. The number of halogens is 1. The molecule has 1 unspecified atom stereocenters. The Balaban J connectivity index is 1.95. The standard InChI is InChI=1S/C18H17ClN4O3/c1-10(11-4-6-13(19)7-5-11)21-16(24)12-8-14-15(20-9-12)22(2)18(26)23(3)17(14)25/h4-10H,1-3H3,(H,21,24). The summed E-state index contributed by atoms with van der Waals surface area (Å²) in [7, 11) is 2.92. The minimum atomic E-state index is -0.490. The number of fused-ring (bicyclic) bond motifs is 1. The van der Waals surface area contributed by atoms with Gasteiger partial charge in [-0.2, -0.15) is 0 Å². The van der Waals surface area contributed by atoms with Crippen molar-refractivity contribution >= 4 is 28.5 Å². The van der Waals surface area contributed by atoms with E-state index in [4.69, 9.17) is 11.6 Å². The van der Waals surface area contributed by atoms with Gasteiger partial charge in [0, 0.05) is 25.3 Å². The molecule has 0 aliphatic carbocycles. The van der Waals surface area contributed by atoms with Crippen molar-refractivity contribution in [3.63, 3.8) is 0 Å². The number of nitrogens with one attached hydrogen (secondary N) is 1. The van der Waals surface area contributed by atoms with Gasteiger partial charge in [-0.25, -0.2) is 9.78 Å². The molecule has 26 heavy (non-hydrogen) atoms. The molecule has 0 bridgehead atoms. The van der Waals surface area contributed by atoms with E-state index in [0.717, 1.165) is 10.1 Å². The monoisotopic (exact) mass is 372 g/mol. The molecule has 1 amide bonds. The van der Waals surface area contributed by atoms with Crippen LogP contribution in [0.25, 0.3) is 11.0 Å². The SMILES string of the molecule is CC(NC(=O)c1cnc2c(c1)c(=O)n(C)c(=O)n2C)c1ccc(Cl)cc1. The normalized spacial score (nSPS) is 12.2. The van der Waals surface area contributed by atoms with Crippen LogP contribution in [0.1, 0.15) is 28.9 Å². The number of nitrogens with zero attached hydrogens (tertiary/aromatic N) is 3. The van der Waals surface area contributed by atoms with Gasteiger partial charge in [-0.1, -0.05) is 23.7 Å². The predicted molar refractivity (Wildman–Crippen MR) is 99.6 cm³/mol. The average Bonchev–Trinajstić information content (AvgIpc) is 2.64. The van der Waals surface area contributed by atoms with Gasteiger partial charge in [-0.15, -0.1) is 0 Å². The number of aromatic nitrogens is 3. The molecule has 8 heteroatoms. The van der Waals surface area contributed by atoms with Crippen molar-refractivity contribution < 1.29 is 4.79 Å². The highest BCUT2D eigenvalue weighted by Crippen LogP contribution is 2.17. The van der Waals surface area contributed by atoms with E-state index < -0.39 is 11.2 Å². The minimum absolute atomic E-state index is 0.210. The second kappa shape index (κ2) is 6.76. The third-order valence-electron chi connectivity index (χ3n) is 4.27. The molecule has 1 N–H and O–H groups in total. The van der Waals surface area contributed by atoms with E-state index in [-0.39, 0.29) is 28.5 Å². The average molecular weight is 373 g/mol. The van der Waals surface area contributed by atoms with Crippen molar-refractivity contribution in [1.82, 2.24) is 19.4 Å². The maximum absolute atomic E-state index is 12.5. The summed E-state index contributed by atoms with van der Waals surface area (Å²) >= 11 is 5.87. The summed E-state index contributed by atoms with van der Waals surface area (Å²) in [6.07, 6.45) is 1.35. The summed E-state index contributed by atoms with van der Waals surface area (Å²) in [5.41, 5.74) is 0.420. The lowest BCUT2D eigenvalue weighted by Gasteiger charge is -2.15. The number of benzene rings is 1. The van der Waals surface area contributed by atoms with Crippen LogP contribution in [-0.2, 0) is 14.1 Å².